The van der Waals surface area contributed by atoms with Crippen LogP contribution in [0.2, 0.25) is 0 Å². The van der Waals surface area contributed by atoms with Gasteiger partial charge in [-0.25, -0.2) is 15.0 Å². The number of methoxy groups -OCH3 is 1. The molecule has 9 nitrogen and oxygen atoms in total. The number of nitrogens with one attached hydrogen (secondary N) is 1. The molecule has 1 atom stereocenters. The van der Waals surface area contributed by atoms with Crippen LogP contribution in [0.4, 0.5) is 17.2 Å². The fourth-order valence-corrected chi connectivity index (χ4v) is 5.11. The highest BCUT2D eigenvalue weighted by Crippen LogP contribution is 2.36. The first-order chi connectivity index (χ1) is 17.5. The van der Waals surface area contributed by atoms with Crippen molar-refractivity contribution in [2.24, 2.45) is 0 Å². The summed E-state index contributed by atoms with van der Waals surface area (Å²) >= 11 is 0. The number of aromatic nitrogens is 4. The van der Waals surface area contributed by atoms with E-state index in [0.717, 1.165) is 77.7 Å². The first-order valence-corrected chi connectivity index (χ1v) is 12.4. The van der Waals surface area contributed by atoms with E-state index in [0.29, 0.717) is 19.0 Å². The number of fused-ring (bicyclic) bond motifs is 2. The van der Waals surface area contributed by atoms with Gasteiger partial charge in [-0.1, -0.05) is 0 Å². The largest absolute Gasteiger partial charge is 0.495 e. The molecule has 0 amide bonds. The number of pyridine rings is 1. The van der Waals surface area contributed by atoms with E-state index in [-0.39, 0.29) is 0 Å². The van der Waals surface area contributed by atoms with Gasteiger partial charge in [0.1, 0.15) is 5.75 Å². The lowest BCUT2D eigenvalue weighted by molar-refractivity contribution is 0.0448. The van der Waals surface area contributed by atoms with Gasteiger partial charge in [-0.15, -0.1) is 0 Å². The molecule has 1 saturated heterocycles. The molecule has 36 heavy (non-hydrogen) atoms. The summed E-state index contributed by atoms with van der Waals surface area (Å²) in [4.78, 5) is 16.1. The van der Waals surface area contributed by atoms with Crippen LogP contribution in [0.3, 0.4) is 0 Å². The van der Waals surface area contributed by atoms with Crippen molar-refractivity contribution in [3.05, 3.63) is 54.6 Å². The number of imidazole rings is 1. The van der Waals surface area contributed by atoms with Crippen molar-refractivity contribution in [3.8, 4) is 22.9 Å². The maximum Gasteiger partial charge on any atom is 0.216 e. The van der Waals surface area contributed by atoms with E-state index in [2.05, 4.69) is 26.3 Å². The zero-order valence-electron chi connectivity index (χ0n) is 20.6. The van der Waals surface area contributed by atoms with Gasteiger partial charge in [-0.2, -0.15) is 0 Å². The van der Waals surface area contributed by atoms with Gasteiger partial charge >= 0.3 is 0 Å². The average molecular weight is 487 g/mol. The van der Waals surface area contributed by atoms with Crippen molar-refractivity contribution in [2.45, 2.75) is 38.2 Å². The molecule has 2 aliphatic heterocycles. The molecule has 0 aliphatic carbocycles. The molecule has 5 heterocycles. The Morgan fingerprint density at radius 1 is 1.19 bits per heavy atom. The van der Waals surface area contributed by atoms with Crippen molar-refractivity contribution < 1.29 is 14.6 Å². The van der Waals surface area contributed by atoms with Crippen LogP contribution >= 0.6 is 0 Å². The topological polar surface area (TPSA) is 97.0 Å². The van der Waals surface area contributed by atoms with Crippen LogP contribution in [-0.2, 0) is 6.42 Å². The molecule has 6 rings (SSSR count). The Labute approximate surface area is 209 Å². The van der Waals surface area contributed by atoms with Crippen molar-refractivity contribution in [1.29, 1.82) is 0 Å². The van der Waals surface area contributed by atoms with Crippen LogP contribution in [0.15, 0.2) is 49.1 Å². The Morgan fingerprint density at radius 2 is 2.11 bits per heavy atom. The van der Waals surface area contributed by atoms with Gasteiger partial charge in [0.2, 0.25) is 5.88 Å². The molecular formula is C27H30N6O3. The van der Waals surface area contributed by atoms with Gasteiger partial charge in [0.05, 0.1) is 30.7 Å². The number of ether oxygens (including phenoxy) is 2. The van der Waals surface area contributed by atoms with E-state index in [4.69, 9.17) is 14.5 Å². The van der Waals surface area contributed by atoms with E-state index >= 15 is 0 Å². The van der Waals surface area contributed by atoms with E-state index in [9.17, 15) is 5.11 Å². The summed E-state index contributed by atoms with van der Waals surface area (Å²) in [5.41, 5.74) is 4.67. The normalized spacial score (nSPS) is 19.6. The summed E-state index contributed by atoms with van der Waals surface area (Å²) in [5.74, 6) is 2.10. The van der Waals surface area contributed by atoms with Gasteiger partial charge < -0.3 is 29.2 Å². The number of rotatable bonds is 5. The highest BCUT2D eigenvalue weighted by molar-refractivity contribution is 5.76. The molecular weight excluding hydrogens is 456 g/mol. The molecule has 0 spiro atoms. The number of aliphatic hydroxyl groups is 1. The van der Waals surface area contributed by atoms with Gasteiger partial charge in [-0.05, 0) is 50.8 Å². The SMILES string of the molecule is COc1cc(Nc2nc(-c3cnc4c(c3)CCCO4)cn3ccnc23)ccc1N1CCC[C@](C)(O)C1. The summed E-state index contributed by atoms with van der Waals surface area (Å²) in [6, 6.07) is 8.11. The van der Waals surface area contributed by atoms with E-state index in [1.807, 2.05) is 48.1 Å². The summed E-state index contributed by atoms with van der Waals surface area (Å²) in [5, 5.41) is 14.0. The minimum absolute atomic E-state index is 0.578. The van der Waals surface area contributed by atoms with E-state index < -0.39 is 5.60 Å². The number of benzene rings is 1. The van der Waals surface area contributed by atoms with Crippen LogP contribution in [0.1, 0.15) is 31.7 Å². The van der Waals surface area contributed by atoms with Crippen LogP contribution in [0.25, 0.3) is 16.9 Å². The second-order valence-electron chi connectivity index (χ2n) is 9.81. The number of nitrogens with zero attached hydrogens (tertiary/aromatic N) is 5. The van der Waals surface area contributed by atoms with Gasteiger partial charge in [-0.3, -0.25) is 0 Å². The maximum absolute atomic E-state index is 10.6. The van der Waals surface area contributed by atoms with Crippen molar-refractivity contribution >= 4 is 22.8 Å². The Hall–Kier alpha value is -3.85. The molecule has 1 fully saturated rings. The highest BCUT2D eigenvalue weighted by Gasteiger charge is 2.29. The predicted molar refractivity (Wildman–Crippen MR) is 138 cm³/mol. The van der Waals surface area contributed by atoms with Crippen LogP contribution in [0.5, 0.6) is 11.6 Å². The molecule has 4 aromatic rings. The zero-order valence-corrected chi connectivity index (χ0v) is 20.6. The zero-order chi connectivity index (χ0) is 24.7. The molecule has 9 heteroatoms. The number of piperidine rings is 1. The average Bonchev–Trinajstić information content (AvgIpc) is 3.37. The van der Waals surface area contributed by atoms with Crippen molar-refractivity contribution in [1.82, 2.24) is 19.4 Å². The number of hydrogen-bond acceptors (Lipinski definition) is 8. The number of aryl methyl sites for hydroxylation is 1. The summed E-state index contributed by atoms with van der Waals surface area (Å²) in [6.45, 7) is 4.07. The first kappa shape index (κ1) is 22.6. The van der Waals surface area contributed by atoms with E-state index in [1.54, 1.807) is 13.3 Å². The molecule has 2 N–H and O–H groups in total. The molecule has 1 aromatic carbocycles. The third kappa shape index (κ3) is 4.30. The van der Waals surface area contributed by atoms with Crippen LogP contribution in [0, 0.1) is 0 Å². The number of anilines is 3. The third-order valence-electron chi connectivity index (χ3n) is 6.88. The van der Waals surface area contributed by atoms with Gasteiger partial charge in [0, 0.05) is 60.8 Å². The molecule has 3 aromatic heterocycles. The Kier molecular flexibility index (Phi) is 5.64. The van der Waals surface area contributed by atoms with Crippen LogP contribution in [-0.4, -0.2) is 56.9 Å². The molecule has 2 aliphatic rings. The summed E-state index contributed by atoms with van der Waals surface area (Å²) in [7, 11) is 1.67. The predicted octanol–water partition coefficient (Wildman–Crippen LogP) is 4.22. The van der Waals surface area contributed by atoms with E-state index in [1.165, 1.54) is 0 Å². The number of β-amino-alcohol motifs (C(OH)–C–C–N with tert-alkyl or cyclic N) is 1. The lowest BCUT2D eigenvalue weighted by atomic mass is 9.94. The summed E-state index contributed by atoms with van der Waals surface area (Å²) in [6.07, 6.45) is 11.1. The minimum Gasteiger partial charge on any atom is -0.495 e. The Morgan fingerprint density at radius 3 is 2.97 bits per heavy atom. The molecule has 186 valence electrons. The quantitative estimate of drug-likeness (QED) is 0.433. The monoisotopic (exact) mass is 486 g/mol. The maximum atomic E-state index is 10.6. The molecule has 0 unspecified atom stereocenters. The lowest BCUT2D eigenvalue weighted by Crippen LogP contribution is -2.46. The molecule has 0 saturated carbocycles. The smallest absolute Gasteiger partial charge is 0.216 e. The van der Waals surface area contributed by atoms with Gasteiger partial charge in [0.25, 0.3) is 0 Å². The highest BCUT2D eigenvalue weighted by atomic mass is 16.5. The summed E-state index contributed by atoms with van der Waals surface area (Å²) < 4.78 is 13.4. The Balaban J connectivity index is 1.33. The molecule has 0 bridgehead atoms. The second kappa shape index (κ2) is 8.98. The Bertz CT molecular complexity index is 1420. The fraction of sp³-hybridized carbons (Fsp3) is 0.370. The van der Waals surface area contributed by atoms with Crippen molar-refractivity contribution in [2.75, 3.05) is 37.0 Å². The second-order valence-corrected chi connectivity index (χ2v) is 9.81. The standard InChI is InChI=1S/C27H30N6O3/c1-27(34)8-4-10-33(17-27)22-7-6-20(14-23(22)35-2)30-24-25-28-9-11-32(25)16-21(31-24)19-13-18-5-3-12-36-26(18)29-15-19/h6-7,9,11,13-16,34H,3-5,8,10,12,17H2,1-2H3,(H,30,31)/t27-/m0/s1. The fourth-order valence-electron chi connectivity index (χ4n) is 5.11. The first-order valence-electron chi connectivity index (χ1n) is 12.4. The minimum atomic E-state index is -0.700. The van der Waals surface area contributed by atoms with Crippen LogP contribution < -0.4 is 19.7 Å². The molecule has 0 radical (unpaired) electrons. The third-order valence-corrected chi connectivity index (χ3v) is 6.88. The lowest BCUT2D eigenvalue weighted by Gasteiger charge is -2.38. The van der Waals surface area contributed by atoms with Gasteiger partial charge in [0.15, 0.2) is 11.5 Å². The number of hydrogen-bond donors (Lipinski definition) is 2. The van der Waals surface area contributed by atoms with Crippen molar-refractivity contribution in [3.63, 3.8) is 0 Å².